The number of amides is 1. The summed E-state index contributed by atoms with van der Waals surface area (Å²) in [4.78, 5) is 22.8. The summed E-state index contributed by atoms with van der Waals surface area (Å²) in [7, 11) is 0. The van der Waals surface area contributed by atoms with Gasteiger partial charge in [0.05, 0.1) is 11.1 Å². The topological polar surface area (TPSA) is 84.6 Å². The van der Waals surface area contributed by atoms with Crippen LogP contribution >= 0.6 is 11.3 Å². The highest BCUT2D eigenvalue weighted by Crippen LogP contribution is 2.13. The predicted molar refractivity (Wildman–Crippen MR) is 77.2 cm³/mol. The quantitative estimate of drug-likeness (QED) is 0.533. The number of aryl methyl sites for hydroxylation is 1. The van der Waals surface area contributed by atoms with Gasteiger partial charge in [-0.1, -0.05) is 6.07 Å². The molecule has 0 spiro atoms. The van der Waals surface area contributed by atoms with Crippen LogP contribution in [0, 0.1) is 17.0 Å². The summed E-state index contributed by atoms with van der Waals surface area (Å²) in [6.45, 7) is 1.94. The van der Waals surface area contributed by atoms with E-state index in [1.165, 1.54) is 35.6 Å². The maximum atomic E-state index is 11.8. The lowest BCUT2D eigenvalue weighted by atomic mass is 10.2. The van der Waals surface area contributed by atoms with Gasteiger partial charge >= 0.3 is 0 Å². The number of benzene rings is 1. The van der Waals surface area contributed by atoms with Gasteiger partial charge in [-0.25, -0.2) is 5.43 Å². The minimum Gasteiger partial charge on any atom is -0.267 e. The third-order valence-electron chi connectivity index (χ3n) is 2.57. The van der Waals surface area contributed by atoms with Gasteiger partial charge in [-0.2, -0.15) is 5.10 Å². The molecular formula is C13H11N3O3S. The average molecular weight is 289 g/mol. The van der Waals surface area contributed by atoms with Gasteiger partial charge < -0.3 is 0 Å². The van der Waals surface area contributed by atoms with Gasteiger partial charge in [0.15, 0.2) is 0 Å². The molecular weight excluding hydrogens is 278 g/mol. The maximum Gasteiger partial charge on any atom is 0.271 e. The van der Waals surface area contributed by atoms with Crippen LogP contribution in [0.3, 0.4) is 0 Å². The predicted octanol–water partition coefficient (Wildman–Crippen LogP) is 2.73. The van der Waals surface area contributed by atoms with Crippen molar-refractivity contribution in [3.8, 4) is 0 Å². The molecule has 7 heteroatoms. The van der Waals surface area contributed by atoms with Crippen LogP contribution < -0.4 is 5.43 Å². The number of nitrogens with one attached hydrogen (secondary N) is 1. The summed E-state index contributed by atoms with van der Waals surface area (Å²) in [5.41, 5.74) is 3.48. The summed E-state index contributed by atoms with van der Waals surface area (Å²) in [5.74, 6) is -0.487. The molecule has 20 heavy (non-hydrogen) atoms. The van der Waals surface area contributed by atoms with Gasteiger partial charge in [-0.3, -0.25) is 14.9 Å². The molecule has 0 aliphatic carbocycles. The fourth-order valence-electron chi connectivity index (χ4n) is 1.49. The van der Waals surface area contributed by atoms with E-state index in [2.05, 4.69) is 10.5 Å². The highest BCUT2D eigenvalue weighted by molar-refractivity contribution is 7.11. The van der Waals surface area contributed by atoms with Crippen LogP contribution in [0.25, 0.3) is 0 Å². The normalized spacial score (nSPS) is 10.7. The Morgan fingerprint density at radius 1 is 1.45 bits per heavy atom. The van der Waals surface area contributed by atoms with Crippen molar-refractivity contribution in [2.45, 2.75) is 6.92 Å². The van der Waals surface area contributed by atoms with Crippen LogP contribution in [0.1, 0.15) is 20.8 Å². The lowest BCUT2D eigenvalue weighted by Gasteiger charge is -1.99. The lowest BCUT2D eigenvalue weighted by Crippen LogP contribution is -2.17. The van der Waals surface area contributed by atoms with Crippen molar-refractivity contribution in [3.05, 3.63) is 61.8 Å². The van der Waals surface area contributed by atoms with E-state index >= 15 is 0 Å². The minimum absolute atomic E-state index is 0.129. The van der Waals surface area contributed by atoms with Crippen molar-refractivity contribution in [2.75, 3.05) is 0 Å². The van der Waals surface area contributed by atoms with Crippen LogP contribution in [0.15, 0.2) is 40.8 Å². The van der Waals surface area contributed by atoms with Crippen LogP contribution in [0.4, 0.5) is 5.69 Å². The molecule has 0 aliphatic heterocycles. The Kier molecular flexibility index (Phi) is 4.21. The zero-order valence-electron chi connectivity index (χ0n) is 10.6. The highest BCUT2D eigenvalue weighted by Gasteiger charge is 2.10. The number of carbonyl (C=O) groups is 1. The van der Waals surface area contributed by atoms with Gasteiger partial charge in [-0.15, -0.1) is 11.3 Å². The molecule has 0 atom stereocenters. The first-order chi connectivity index (χ1) is 9.58. The molecule has 1 heterocycles. The molecule has 0 unspecified atom stereocenters. The summed E-state index contributed by atoms with van der Waals surface area (Å²) in [5, 5.41) is 16.4. The van der Waals surface area contributed by atoms with E-state index in [9.17, 15) is 14.9 Å². The first kappa shape index (κ1) is 13.9. The van der Waals surface area contributed by atoms with E-state index in [1.54, 1.807) is 6.21 Å². The van der Waals surface area contributed by atoms with Crippen LogP contribution in [-0.2, 0) is 0 Å². The molecule has 102 valence electrons. The van der Waals surface area contributed by atoms with E-state index in [0.29, 0.717) is 0 Å². The SMILES string of the molecule is Cc1ccsc1/C=N/NC(=O)c1cccc([N+](=O)[O-])c1. The number of rotatable bonds is 4. The van der Waals surface area contributed by atoms with Crippen LogP contribution in [0.2, 0.25) is 0 Å². The average Bonchev–Trinajstić information content (AvgIpc) is 2.84. The third kappa shape index (κ3) is 3.27. The Labute approximate surface area is 118 Å². The molecule has 1 amide bonds. The summed E-state index contributed by atoms with van der Waals surface area (Å²) < 4.78 is 0. The van der Waals surface area contributed by atoms with Gasteiger partial charge in [0, 0.05) is 22.6 Å². The Bertz CT molecular complexity index is 679. The van der Waals surface area contributed by atoms with Crippen molar-refractivity contribution in [3.63, 3.8) is 0 Å². The number of nitrogens with zero attached hydrogens (tertiary/aromatic N) is 2. The van der Waals surface area contributed by atoms with Crippen molar-refractivity contribution in [2.24, 2.45) is 5.10 Å². The summed E-state index contributed by atoms with van der Waals surface area (Å²) in [6.07, 6.45) is 1.55. The second kappa shape index (κ2) is 6.07. The molecule has 1 aromatic carbocycles. The van der Waals surface area contributed by atoms with Gasteiger partial charge in [0.25, 0.3) is 11.6 Å². The fourth-order valence-corrected chi connectivity index (χ4v) is 2.28. The number of hydrazone groups is 1. The smallest absolute Gasteiger partial charge is 0.267 e. The Balaban J connectivity index is 2.05. The Morgan fingerprint density at radius 2 is 2.25 bits per heavy atom. The molecule has 0 bridgehead atoms. The van der Waals surface area contributed by atoms with E-state index in [-0.39, 0.29) is 11.3 Å². The standard InChI is InChI=1S/C13H11N3O3S/c1-9-5-6-20-12(9)8-14-15-13(17)10-3-2-4-11(7-10)16(18)19/h2-8H,1H3,(H,15,17)/b14-8+. The zero-order chi connectivity index (χ0) is 14.5. The molecule has 2 aromatic rings. The van der Waals surface area contributed by atoms with Crippen LogP contribution in [0.5, 0.6) is 0 Å². The van der Waals surface area contributed by atoms with E-state index in [1.807, 2.05) is 18.4 Å². The second-order valence-electron chi connectivity index (χ2n) is 3.97. The number of nitro groups is 1. The molecule has 0 aliphatic rings. The third-order valence-corrected chi connectivity index (χ3v) is 3.52. The van der Waals surface area contributed by atoms with Gasteiger partial charge in [-0.05, 0) is 30.0 Å². The Hall–Kier alpha value is -2.54. The van der Waals surface area contributed by atoms with Crippen molar-refractivity contribution in [1.29, 1.82) is 0 Å². The monoisotopic (exact) mass is 289 g/mol. The van der Waals surface area contributed by atoms with E-state index in [4.69, 9.17) is 0 Å². The van der Waals surface area contributed by atoms with Crippen molar-refractivity contribution >= 4 is 29.1 Å². The first-order valence-corrected chi connectivity index (χ1v) is 6.58. The maximum absolute atomic E-state index is 11.8. The molecule has 2 rings (SSSR count). The van der Waals surface area contributed by atoms with Crippen LogP contribution in [-0.4, -0.2) is 17.0 Å². The number of hydrogen-bond acceptors (Lipinski definition) is 5. The lowest BCUT2D eigenvalue weighted by molar-refractivity contribution is -0.384. The zero-order valence-corrected chi connectivity index (χ0v) is 11.4. The fraction of sp³-hybridized carbons (Fsp3) is 0.0769. The number of carbonyl (C=O) groups excluding carboxylic acids is 1. The molecule has 1 aromatic heterocycles. The first-order valence-electron chi connectivity index (χ1n) is 5.70. The van der Waals surface area contributed by atoms with Crippen molar-refractivity contribution in [1.82, 2.24) is 5.43 Å². The van der Waals surface area contributed by atoms with Crippen molar-refractivity contribution < 1.29 is 9.72 Å². The molecule has 6 nitrogen and oxygen atoms in total. The molecule has 1 N–H and O–H groups in total. The van der Waals surface area contributed by atoms with Gasteiger partial charge in [0.1, 0.15) is 0 Å². The summed E-state index contributed by atoms with van der Waals surface area (Å²) in [6, 6.07) is 7.44. The number of hydrogen-bond donors (Lipinski definition) is 1. The number of non-ortho nitro benzene ring substituents is 1. The van der Waals surface area contributed by atoms with Gasteiger partial charge in [0.2, 0.25) is 0 Å². The second-order valence-corrected chi connectivity index (χ2v) is 4.92. The largest absolute Gasteiger partial charge is 0.271 e. The minimum atomic E-state index is -0.547. The number of thiophene rings is 1. The molecule has 0 fully saturated rings. The van der Waals surface area contributed by atoms with E-state index < -0.39 is 10.8 Å². The molecule has 0 saturated heterocycles. The van der Waals surface area contributed by atoms with E-state index in [0.717, 1.165) is 10.4 Å². The Morgan fingerprint density at radius 3 is 2.90 bits per heavy atom. The summed E-state index contributed by atoms with van der Waals surface area (Å²) >= 11 is 1.51. The molecule has 0 saturated carbocycles. The molecule has 0 radical (unpaired) electrons. The highest BCUT2D eigenvalue weighted by atomic mass is 32.1. The number of nitro benzene ring substituents is 1.